The summed E-state index contributed by atoms with van der Waals surface area (Å²) in [5.41, 5.74) is 0.934. The van der Waals surface area contributed by atoms with Crippen molar-refractivity contribution in [1.82, 2.24) is 9.80 Å². The lowest BCUT2D eigenvalue weighted by molar-refractivity contribution is -0.135. The Labute approximate surface area is 202 Å². The molecule has 8 heteroatoms. The second-order valence-electron chi connectivity index (χ2n) is 9.80. The van der Waals surface area contributed by atoms with E-state index in [4.69, 9.17) is 9.47 Å². The fourth-order valence-corrected chi connectivity index (χ4v) is 4.34. The smallest absolute Gasteiger partial charge is 0.257 e. The first-order valence-corrected chi connectivity index (χ1v) is 12.4. The van der Waals surface area contributed by atoms with E-state index in [1.807, 2.05) is 18.7 Å². The zero-order chi connectivity index (χ0) is 24.8. The number of ether oxygens (including phenoxy) is 2. The number of nitrogens with zero attached hydrogens (tertiary/aromatic N) is 2. The van der Waals surface area contributed by atoms with Gasteiger partial charge in [0.05, 0.1) is 17.7 Å². The van der Waals surface area contributed by atoms with Crippen LogP contribution in [0.5, 0.6) is 5.75 Å². The van der Waals surface area contributed by atoms with Crippen molar-refractivity contribution < 1.29 is 23.9 Å². The number of nitrogens with one attached hydrogen (secondary N) is 1. The van der Waals surface area contributed by atoms with E-state index < -0.39 is 0 Å². The van der Waals surface area contributed by atoms with Gasteiger partial charge in [0.1, 0.15) is 12.4 Å². The normalized spacial score (nSPS) is 23.9. The molecule has 1 N–H and O–H groups in total. The summed E-state index contributed by atoms with van der Waals surface area (Å²) in [7, 11) is 3.38. The quantitative estimate of drug-likeness (QED) is 0.683. The molecule has 0 radical (unpaired) electrons. The van der Waals surface area contributed by atoms with E-state index >= 15 is 0 Å². The number of likely N-dealkylation sites (N-methyl/N-ethyl adjacent to an activating group) is 1. The van der Waals surface area contributed by atoms with Crippen molar-refractivity contribution in [3.63, 3.8) is 0 Å². The summed E-state index contributed by atoms with van der Waals surface area (Å²) in [4.78, 5) is 42.1. The lowest BCUT2D eigenvalue weighted by Crippen LogP contribution is -2.48. The summed E-state index contributed by atoms with van der Waals surface area (Å²) >= 11 is 0. The van der Waals surface area contributed by atoms with Gasteiger partial charge in [-0.2, -0.15) is 0 Å². The summed E-state index contributed by atoms with van der Waals surface area (Å²) < 4.78 is 11.9. The van der Waals surface area contributed by atoms with E-state index in [0.29, 0.717) is 48.8 Å². The lowest BCUT2D eigenvalue weighted by atomic mass is 10.0. The van der Waals surface area contributed by atoms with Crippen LogP contribution < -0.4 is 10.1 Å². The topological polar surface area (TPSA) is 88.2 Å². The van der Waals surface area contributed by atoms with Gasteiger partial charge in [0.25, 0.3) is 5.91 Å². The third-order valence-corrected chi connectivity index (χ3v) is 6.69. The third kappa shape index (κ3) is 6.72. The zero-order valence-corrected chi connectivity index (χ0v) is 21.1. The Morgan fingerprint density at radius 3 is 2.59 bits per heavy atom. The fraction of sp³-hybridized carbons (Fsp3) is 0.654. The first-order valence-electron chi connectivity index (χ1n) is 12.4. The van der Waals surface area contributed by atoms with Crippen LogP contribution in [-0.2, 0) is 14.3 Å². The second kappa shape index (κ2) is 11.7. The molecule has 0 saturated heterocycles. The highest BCUT2D eigenvalue weighted by Gasteiger charge is 2.33. The molecular weight excluding hydrogens is 434 g/mol. The summed E-state index contributed by atoms with van der Waals surface area (Å²) in [5, 5.41) is 2.85. The molecule has 8 nitrogen and oxygen atoms in total. The summed E-state index contributed by atoms with van der Waals surface area (Å²) in [5.74, 6) is 0.825. The van der Waals surface area contributed by atoms with Gasteiger partial charge in [-0.3, -0.25) is 14.4 Å². The van der Waals surface area contributed by atoms with Crippen molar-refractivity contribution in [2.45, 2.75) is 65.0 Å². The Hall–Kier alpha value is -2.61. The molecule has 1 aliphatic carbocycles. The van der Waals surface area contributed by atoms with Gasteiger partial charge in [0.2, 0.25) is 11.8 Å². The van der Waals surface area contributed by atoms with Crippen LogP contribution in [-0.4, -0.2) is 73.5 Å². The molecule has 3 amide bonds. The maximum Gasteiger partial charge on any atom is 0.257 e. The van der Waals surface area contributed by atoms with E-state index in [0.717, 1.165) is 19.3 Å². The van der Waals surface area contributed by atoms with Gasteiger partial charge in [0, 0.05) is 51.7 Å². The minimum Gasteiger partial charge on any atom is -0.491 e. The van der Waals surface area contributed by atoms with Gasteiger partial charge < -0.3 is 24.6 Å². The van der Waals surface area contributed by atoms with Crippen LogP contribution in [0.1, 0.15) is 63.2 Å². The minimum atomic E-state index is -0.228. The van der Waals surface area contributed by atoms with Crippen molar-refractivity contribution >= 4 is 23.4 Å². The Balaban J connectivity index is 1.90. The van der Waals surface area contributed by atoms with E-state index in [1.165, 1.54) is 0 Å². The number of hydrogen-bond donors (Lipinski definition) is 1. The second-order valence-corrected chi connectivity index (χ2v) is 9.80. The fourth-order valence-electron chi connectivity index (χ4n) is 4.34. The molecule has 1 aliphatic heterocycles. The number of hydrogen-bond acceptors (Lipinski definition) is 5. The van der Waals surface area contributed by atoms with Crippen LogP contribution in [0.15, 0.2) is 18.2 Å². The number of anilines is 1. The van der Waals surface area contributed by atoms with Crippen LogP contribution >= 0.6 is 0 Å². The van der Waals surface area contributed by atoms with Crippen LogP contribution in [0, 0.1) is 11.8 Å². The Bertz CT molecular complexity index is 885. The van der Waals surface area contributed by atoms with Crippen LogP contribution in [0.2, 0.25) is 0 Å². The van der Waals surface area contributed by atoms with Crippen molar-refractivity contribution in [2.75, 3.05) is 39.2 Å². The third-order valence-electron chi connectivity index (χ3n) is 6.69. The Morgan fingerprint density at radius 1 is 1.21 bits per heavy atom. The molecule has 0 spiro atoms. The molecule has 3 rings (SSSR count). The highest BCUT2D eigenvalue weighted by Crippen LogP contribution is 2.33. The molecule has 1 fully saturated rings. The van der Waals surface area contributed by atoms with Gasteiger partial charge in [-0.05, 0) is 50.3 Å². The lowest BCUT2D eigenvalue weighted by Gasteiger charge is -2.36. The average Bonchev–Trinajstić information content (AvgIpc) is 3.62. The molecule has 0 unspecified atom stereocenters. The monoisotopic (exact) mass is 473 g/mol. The number of amides is 3. The van der Waals surface area contributed by atoms with E-state index in [9.17, 15) is 14.4 Å². The van der Waals surface area contributed by atoms with Gasteiger partial charge in [-0.15, -0.1) is 0 Å². The van der Waals surface area contributed by atoms with Crippen LogP contribution in [0.4, 0.5) is 5.69 Å². The number of carbonyl (C=O) groups is 3. The van der Waals surface area contributed by atoms with E-state index in [-0.39, 0.29) is 42.4 Å². The SMILES string of the molecule is CCCC(=O)Nc1ccc2c(c1)C(=O)N(C)C[C@H](OC)[C@H](C)CN(C(=O)CC1CC1)[C@@H](C)CO2. The number of methoxy groups -OCH3 is 1. The highest BCUT2D eigenvalue weighted by atomic mass is 16.5. The van der Waals surface area contributed by atoms with E-state index in [1.54, 1.807) is 37.3 Å². The Kier molecular flexibility index (Phi) is 8.94. The van der Waals surface area contributed by atoms with Gasteiger partial charge in [-0.25, -0.2) is 0 Å². The molecule has 34 heavy (non-hydrogen) atoms. The van der Waals surface area contributed by atoms with Crippen molar-refractivity contribution in [1.29, 1.82) is 0 Å². The molecule has 1 aromatic carbocycles. The summed E-state index contributed by atoms with van der Waals surface area (Å²) in [6.07, 6.45) is 3.75. The Morgan fingerprint density at radius 2 is 1.94 bits per heavy atom. The van der Waals surface area contributed by atoms with Crippen molar-refractivity contribution in [2.24, 2.45) is 11.8 Å². The molecule has 3 atom stereocenters. The summed E-state index contributed by atoms with van der Waals surface area (Å²) in [6, 6.07) is 4.97. The highest BCUT2D eigenvalue weighted by molar-refractivity contribution is 5.99. The van der Waals surface area contributed by atoms with Crippen molar-refractivity contribution in [3.05, 3.63) is 23.8 Å². The molecule has 1 heterocycles. The van der Waals surface area contributed by atoms with Gasteiger partial charge >= 0.3 is 0 Å². The van der Waals surface area contributed by atoms with Crippen molar-refractivity contribution in [3.8, 4) is 5.75 Å². The van der Waals surface area contributed by atoms with Crippen LogP contribution in [0.25, 0.3) is 0 Å². The first-order chi connectivity index (χ1) is 16.2. The first kappa shape index (κ1) is 26.0. The predicted molar refractivity (Wildman–Crippen MR) is 131 cm³/mol. The molecule has 1 aromatic rings. The number of benzene rings is 1. The van der Waals surface area contributed by atoms with Gasteiger partial charge in [0.15, 0.2) is 0 Å². The minimum absolute atomic E-state index is 0.0319. The van der Waals surface area contributed by atoms with Gasteiger partial charge in [-0.1, -0.05) is 13.8 Å². The maximum atomic E-state index is 13.4. The summed E-state index contributed by atoms with van der Waals surface area (Å²) in [6.45, 7) is 7.17. The molecule has 0 bridgehead atoms. The number of fused-ring (bicyclic) bond motifs is 1. The molecule has 0 aromatic heterocycles. The zero-order valence-electron chi connectivity index (χ0n) is 21.1. The molecule has 1 saturated carbocycles. The molecular formula is C26H39N3O5. The predicted octanol–water partition coefficient (Wildman–Crippen LogP) is 3.56. The van der Waals surface area contributed by atoms with E-state index in [2.05, 4.69) is 12.2 Å². The van der Waals surface area contributed by atoms with Crippen LogP contribution in [0.3, 0.4) is 0 Å². The number of rotatable bonds is 6. The largest absolute Gasteiger partial charge is 0.491 e. The number of carbonyl (C=O) groups excluding carboxylic acids is 3. The standard InChI is InChI=1S/C26H39N3O5/c1-6-7-24(30)27-20-10-11-22-21(13-20)26(32)28(4)15-23(33-5)17(2)14-29(18(3)16-34-22)25(31)12-19-8-9-19/h10-11,13,17-19,23H,6-9,12,14-16H2,1-5H3,(H,27,30)/t17-,18+,23+/m1/s1. The average molecular weight is 474 g/mol. The molecule has 188 valence electrons. The maximum absolute atomic E-state index is 13.4. The molecule has 2 aliphatic rings.